The topological polar surface area (TPSA) is 47.9 Å². The summed E-state index contributed by atoms with van der Waals surface area (Å²) in [4.78, 5) is 0. The van der Waals surface area contributed by atoms with Crippen LogP contribution in [-0.4, -0.2) is 19.1 Å². The first-order valence-electron chi connectivity index (χ1n) is 7.46. The average molecular weight is 336 g/mol. The Bertz CT molecular complexity index is 459. The lowest BCUT2D eigenvalue weighted by Gasteiger charge is -2.16. The number of halogens is 1. The lowest BCUT2D eigenvalue weighted by Crippen LogP contribution is -2.32. The van der Waals surface area contributed by atoms with Gasteiger partial charge in [-0.05, 0) is 47.0 Å². The molecule has 0 radical (unpaired) electrons. The summed E-state index contributed by atoms with van der Waals surface area (Å²) in [6.45, 7) is 1.90. The van der Waals surface area contributed by atoms with Gasteiger partial charge in [0.2, 0.25) is 0 Å². The highest BCUT2D eigenvalue weighted by Crippen LogP contribution is 2.20. The minimum absolute atomic E-state index is 0.673. The van der Waals surface area contributed by atoms with E-state index in [1.165, 1.54) is 38.5 Å². The highest BCUT2D eigenvalue weighted by atomic mass is 79.9. The molecular weight excluding hydrogens is 314 g/mol. The van der Waals surface area contributed by atoms with Crippen LogP contribution in [0.15, 0.2) is 22.7 Å². The van der Waals surface area contributed by atoms with Crippen molar-refractivity contribution < 1.29 is 0 Å². The third kappa shape index (κ3) is 4.81. The molecule has 1 aromatic rings. The Labute approximate surface area is 129 Å². The largest absolute Gasteiger partial charge is 0.384 e. The van der Waals surface area contributed by atoms with Crippen LogP contribution in [0.1, 0.15) is 44.1 Å². The van der Waals surface area contributed by atoms with Crippen LogP contribution in [0.3, 0.4) is 0 Å². The average Bonchev–Trinajstić information content (AvgIpc) is 2.72. The van der Waals surface area contributed by atoms with Crippen LogP contribution in [0.25, 0.3) is 0 Å². The fourth-order valence-electron chi connectivity index (χ4n) is 2.68. The first-order chi connectivity index (χ1) is 9.79. The molecule has 0 atom stereocenters. The summed E-state index contributed by atoms with van der Waals surface area (Å²) in [5, 5.41) is 15.9. The standard InChI is InChI=1S/C16H22BrN3/c17-16-11-15(8-7-13(16)12-18)20-10-9-19-14-5-3-1-2-4-6-14/h7-8,11,14,19-20H,1-6,9-10H2. The van der Waals surface area contributed by atoms with E-state index in [1.807, 2.05) is 18.2 Å². The molecule has 108 valence electrons. The smallest absolute Gasteiger partial charge is 0.100 e. The molecule has 0 bridgehead atoms. The van der Waals surface area contributed by atoms with Crippen LogP contribution in [0.2, 0.25) is 0 Å². The van der Waals surface area contributed by atoms with Crippen molar-refractivity contribution in [1.29, 1.82) is 5.26 Å². The zero-order chi connectivity index (χ0) is 14.2. The summed E-state index contributed by atoms with van der Waals surface area (Å²) in [6, 6.07) is 8.61. The Morgan fingerprint density at radius 2 is 1.90 bits per heavy atom. The number of nitrogens with zero attached hydrogens (tertiary/aromatic N) is 1. The Kier molecular flexibility index (Phi) is 6.35. The fourth-order valence-corrected chi connectivity index (χ4v) is 3.15. The van der Waals surface area contributed by atoms with Gasteiger partial charge in [0.25, 0.3) is 0 Å². The SMILES string of the molecule is N#Cc1ccc(NCCNC2CCCCCC2)cc1Br. The molecule has 2 rings (SSSR count). The second-order valence-corrected chi connectivity index (χ2v) is 6.23. The van der Waals surface area contributed by atoms with Gasteiger partial charge in [0, 0.05) is 29.3 Å². The fraction of sp³-hybridized carbons (Fsp3) is 0.562. The van der Waals surface area contributed by atoms with E-state index in [0.29, 0.717) is 11.6 Å². The van der Waals surface area contributed by atoms with Gasteiger partial charge >= 0.3 is 0 Å². The van der Waals surface area contributed by atoms with E-state index < -0.39 is 0 Å². The van der Waals surface area contributed by atoms with Crippen LogP contribution in [0, 0.1) is 11.3 Å². The molecule has 2 N–H and O–H groups in total. The van der Waals surface area contributed by atoms with Crippen molar-refractivity contribution in [3.63, 3.8) is 0 Å². The molecule has 20 heavy (non-hydrogen) atoms. The molecule has 4 heteroatoms. The number of hydrogen-bond acceptors (Lipinski definition) is 3. The van der Waals surface area contributed by atoms with E-state index in [0.717, 1.165) is 23.2 Å². The maximum absolute atomic E-state index is 8.88. The molecule has 0 aromatic heterocycles. The Hall–Kier alpha value is -1.05. The van der Waals surface area contributed by atoms with Crippen molar-refractivity contribution in [3.8, 4) is 6.07 Å². The van der Waals surface area contributed by atoms with E-state index in [9.17, 15) is 0 Å². The molecule has 1 saturated carbocycles. The monoisotopic (exact) mass is 335 g/mol. The summed E-state index contributed by atoms with van der Waals surface area (Å²) in [5.41, 5.74) is 1.73. The zero-order valence-electron chi connectivity index (χ0n) is 11.8. The number of nitriles is 1. The van der Waals surface area contributed by atoms with Crippen molar-refractivity contribution in [2.24, 2.45) is 0 Å². The van der Waals surface area contributed by atoms with Crippen molar-refractivity contribution in [1.82, 2.24) is 5.32 Å². The number of hydrogen-bond donors (Lipinski definition) is 2. The minimum Gasteiger partial charge on any atom is -0.384 e. The Morgan fingerprint density at radius 1 is 1.15 bits per heavy atom. The Balaban J connectivity index is 1.70. The lowest BCUT2D eigenvalue weighted by molar-refractivity contribution is 0.468. The second kappa shape index (κ2) is 8.28. The number of benzene rings is 1. The first-order valence-corrected chi connectivity index (χ1v) is 8.26. The van der Waals surface area contributed by atoms with Gasteiger partial charge in [0.05, 0.1) is 5.56 Å². The quantitative estimate of drug-likeness (QED) is 0.630. The second-order valence-electron chi connectivity index (χ2n) is 5.38. The molecule has 0 unspecified atom stereocenters. The van der Waals surface area contributed by atoms with Crippen LogP contribution in [-0.2, 0) is 0 Å². The lowest BCUT2D eigenvalue weighted by atomic mass is 10.1. The van der Waals surface area contributed by atoms with Crippen molar-refractivity contribution >= 4 is 21.6 Å². The van der Waals surface area contributed by atoms with E-state index in [-0.39, 0.29) is 0 Å². The molecule has 1 aliphatic carbocycles. The third-order valence-electron chi connectivity index (χ3n) is 3.83. The highest BCUT2D eigenvalue weighted by Gasteiger charge is 2.10. The molecule has 0 spiro atoms. The predicted molar refractivity (Wildman–Crippen MR) is 86.8 cm³/mol. The summed E-state index contributed by atoms with van der Waals surface area (Å²) in [5.74, 6) is 0. The molecule has 0 aliphatic heterocycles. The number of nitrogens with one attached hydrogen (secondary N) is 2. The van der Waals surface area contributed by atoms with Crippen LogP contribution >= 0.6 is 15.9 Å². The van der Waals surface area contributed by atoms with E-state index >= 15 is 0 Å². The molecule has 0 heterocycles. The third-order valence-corrected chi connectivity index (χ3v) is 4.49. The van der Waals surface area contributed by atoms with Crippen LogP contribution in [0.5, 0.6) is 0 Å². The summed E-state index contributed by atoms with van der Waals surface area (Å²) < 4.78 is 0.849. The van der Waals surface area contributed by atoms with Gasteiger partial charge in [0.1, 0.15) is 6.07 Å². The van der Waals surface area contributed by atoms with Crippen molar-refractivity contribution in [2.45, 2.75) is 44.6 Å². The van der Waals surface area contributed by atoms with Gasteiger partial charge < -0.3 is 10.6 Å². The van der Waals surface area contributed by atoms with Gasteiger partial charge in [-0.3, -0.25) is 0 Å². The van der Waals surface area contributed by atoms with E-state index in [4.69, 9.17) is 5.26 Å². The van der Waals surface area contributed by atoms with E-state index in [1.54, 1.807) is 0 Å². The maximum atomic E-state index is 8.88. The first kappa shape index (κ1) is 15.3. The summed E-state index contributed by atoms with van der Waals surface area (Å²) in [6.07, 6.45) is 8.18. The van der Waals surface area contributed by atoms with Crippen LogP contribution in [0.4, 0.5) is 5.69 Å². The summed E-state index contributed by atoms with van der Waals surface area (Å²) in [7, 11) is 0. The molecule has 0 amide bonds. The summed E-state index contributed by atoms with van der Waals surface area (Å²) >= 11 is 3.41. The van der Waals surface area contributed by atoms with E-state index in [2.05, 4.69) is 32.6 Å². The van der Waals surface area contributed by atoms with Gasteiger partial charge in [-0.2, -0.15) is 5.26 Å². The number of rotatable bonds is 5. The molecule has 1 fully saturated rings. The van der Waals surface area contributed by atoms with Crippen LogP contribution < -0.4 is 10.6 Å². The molecular formula is C16H22BrN3. The van der Waals surface area contributed by atoms with Gasteiger partial charge in [-0.25, -0.2) is 0 Å². The molecule has 1 aliphatic rings. The molecule has 0 saturated heterocycles. The van der Waals surface area contributed by atoms with Gasteiger partial charge in [0.15, 0.2) is 0 Å². The molecule has 3 nitrogen and oxygen atoms in total. The number of anilines is 1. The zero-order valence-corrected chi connectivity index (χ0v) is 13.4. The predicted octanol–water partition coefficient (Wildman–Crippen LogP) is 4.05. The van der Waals surface area contributed by atoms with Crippen molar-refractivity contribution in [2.75, 3.05) is 18.4 Å². The van der Waals surface area contributed by atoms with Gasteiger partial charge in [-0.1, -0.05) is 25.7 Å². The van der Waals surface area contributed by atoms with Gasteiger partial charge in [-0.15, -0.1) is 0 Å². The van der Waals surface area contributed by atoms with Crippen molar-refractivity contribution in [3.05, 3.63) is 28.2 Å². The Morgan fingerprint density at radius 3 is 2.55 bits per heavy atom. The molecule has 1 aromatic carbocycles. The highest BCUT2D eigenvalue weighted by molar-refractivity contribution is 9.10. The normalized spacial score (nSPS) is 16.4. The minimum atomic E-state index is 0.673. The maximum Gasteiger partial charge on any atom is 0.100 e.